The Balaban J connectivity index is 1.68. The molecule has 0 spiro atoms. The van der Waals surface area contributed by atoms with Gasteiger partial charge in [0.15, 0.2) is 0 Å². The van der Waals surface area contributed by atoms with E-state index < -0.39 is 17.9 Å². The van der Waals surface area contributed by atoms with Gasteiger partial charge in [-0.2, -0.15) is 0 Å². The fraction of sp³-hybridized carbons (Fsp3) is 0.304. The molecule has 2 atom stereocenters. The number of nitrogens with one attached hydrogen (secondary N) is 2. The molecular formula is C23H26N2O5S. The van der Waals surface area contributed by atoms with Gasteiger partial charge in [0.25, 0.3) is 5.91 Å². The van der Waals surface area contributed by atoms with Gasteiger partial charge in [0, 0.05) is 28.2 Å². The van der Waals surface area contributed by atoms with Gasteiger partial charge in [-0.15, -0.1) is 11.3 Å². The second-order valence-corrected chi connectivity index (χ2v) is 8.37. The SMILES string of the molecule is COCOCC(CC(C)C(=O)NO)NC(=O)c1ccc(-c2cc3ccccc3s2)cc1. The Hall–Kier alpha value is -2.78. The van der Waals surface area contributed by atoms with Crippen LogP contribution in [0, 0.1) is 5.92 Å². The van der Waals surface area contributed by atoms with Gasteiger partial charge in [-0.25, -0.2) is 5.48 Å². The molecule has 1 heterocycles. The van der Waals surface area contributed by atoms with Crippen LogP contribution in [0.4, 0.5) is 0 Å². The molecule has 7 nitrogen and oxygen atoms in total. The van der Waals surface area contributed by atoms with Crippen LogP contribution in [-0.2, 0) is 14.3 Å². The van der Waals surface area contributed by atoms with Crippen LogP contribution in [0.25, 0.3) is 20.5 Å². The predicted molar refractivity (Wildman–Crippen MR) is 120 cm³/mol. The standard InChI is InChI=1S/C23H26N2O5S/c1-15(22(26)25-28)11-19(13-30-14-29-2)24-23(27)17-9-7-16(8-10-17)21-12-18-5-3-4-6-20(18)31-21/h3-10,12,15,19,28H,11,13-14H2,1-2H3,(H,24,27)(H,25,26). The Bertz CT molecular complexity index is 985. The number of carbonyl (C=O) groups is 2. The Morgan fingerprint density at radius 2 is 1.87 bits per heavy atom. The highest BCUT2D eigenvalue weighted by Crippen LogP contribution is 2.33. The van der Waals surface area contributed by atoms with Crippen molar-refractivity contribution < 1.29 is 24.3 Å². The van der Waals surface area contributed by atoms with Crippen molar-refractivity contribution in [2.45, 2.75) is 19.4 Å². The molecule has 31 heavy (non-hydrogen) atoms. The van der Waals surface area contributed by atoms with Crippen LogP contribution >= 0.6 is 11.3 Å². The summed E-state index contributed by atoms with van der Waals surface area (Å²) in [7, 11) is 1.51. The molecule has 0 fully saturated rings. The molecule has 3 N–H and O–H groups in total. The van der Waals surface area contributed by atoms with E-state index in [0.717, 1.165) is 10.4 Å². The van der Waals surface area contributed by atoms with E-state index in [9.17, 15) is 9.59 Å². The highest BCUT2D eigenvalue weighted by molar-refractivity contribution is 7.22. The fourth-order valence-corrected chi connectivity index (χ4v) is 4.33. The van der Waals surface area contributed by atoms with Gasteiger partial charge in [0.05, 0.1) is 12.6 Å². The third kappa shape index (κ3) is 6.11. The number of hydrogen-bond donors (Lipinski definition) is 3. The van der Waals surface area contributed by atoms with Gasteiger partial charge in [0.1, 0.15) is 6.79 Å². The topological polar surface area (TPSA) is 96.9 Å². The second kappa shape index (κ2) is 11.0. The average Bonchev–Trinajstić information content (AvgIpc) is 3.23. The van der Waals surface area contributed by atoms with E-state index in [1.54, 1.807) is 35.9 Å². The molecular weight excluding hydrogens is 416 g/mol. The maximum absolute atomic E-state index is 12.8. The molecule has 8 heteroatoms. The molecule has 0 saturated heterocycles. The predicted octanol–water partition coefficient (Wildman–Crippen LogP) is 3.82. The zero-order valence-electron chi connectivity index (χ0n) is 17.5. The van der Waals surface area contributed by atoms with Crippen LogP contribution in [0.5, 0.6) is 0 Å². The van der Waals surface area contributed by atoms with Crippen molar-refractivity contribution >= 4 is 33.2 Å². The van der Waals surface area contributed by atoms with Crippen LogP contribution in [0.1, 0.15) is 23.7 Å². The number of carbonyl (C=O) groups excluding carboxylic acids is 2. The van der Waals surface area contributed by atoms with Gasteiger partial charge < -0.3 is 14.8 Å². The fourth-order valence-electron chi connectivity index (χ4n) is 3.27. The lowest BCUT2D eigenvalue weighted by Gasteiger charge is -2.21. The first kappa shape index (κ1) is 22.9. The summed E-state index contributed by atoms with van der Waals surface area (Å²) in [5.41, 5.74) is 3.20. The summed E-state index contributed by atoms with van der Waals surface area (Å²) in [6.07, 6.45) is 0.307. The normalized spacial score (nSPS) is 13.0. The third-order valence-electron chi connectivity index (χ3n) is 4.91. The molecule has 0 aliphatic heterocycles. The first-order valence-electron chi connectivity index (χ1n) is 9.92. The Kier molecular flexibility index (Phi) is 8.13. The summed E-state index contributed by atoms with van der Waals surface area (Å²) in [4.78, 5) is 25.5. The summed E-state index contributed by atoms with van der Waals surface area (Å²) in [6.45, 7) is 1.93. The number of thiophene rings is 1. The number of rotatable bonds is 10. The number of ether oxygens (including phenoxy) is 2. The molecule has 0 bridgehead atoms. The summed E-state index contributed by atoms with van der Waals surface area (Å²) in [5, 5.41) is 12.9. The zero-order valence-corrected chi connectivity index (χ0v) is 18.3. The molecule has 2 aromatic carbocycles. The number of methoxy groups -OCH3 is 1. The number of hydroxylamine groups is 1. The average molecular weight is 443 g/mol. The first-order valence-corrected chi connectivity index (χ1v) is 10.7. The van der Waals surface area contributed by atoms with Gasteiger partial charge in [-0.3, -0.25) is 14.8 Å². The Morgan fingerprint density at radius 3 is 2.55 bits per heavy atom. The van der Waals surface area contributed by atoms with E-state index in [4.69, 9.17) is 14.7 Å². The lowest BCUT2D eigenvalue weighted by atomic mass is 10.0. The van der Waals surface area contributed by atoms with E-state index in [2.05, 4.69) is 23.5 Å². The van der Waals surface area contributed by atoms with Crippen LogP contribution in [0.2, 0.25) is 0 Å². The van der Waals surface area contributed by atoms with Gasteiger partial charge >= 0.3 is 0 Å². The molecule has 0 radical (unpaired) electrons. The lowest BCUT2D eigenvalue weighted by Crippen LogP contribution is -2.41. The van der Waals surface area contributed by atoms with Gasteiger partial charge in [-0.05, 0) is 41.6 Å². The highest BCUT2D eigenvalue weighted by Gasteiger charge is 2.21. The summed E-state index contributed by atoms with van der Waals surface area (Å²) in [6, 6.07) is 17.4. The van der Waals surface area contributed by atoms with E-state index in [0.29, 0.717) is 12.0 Å². The molecule has 0 saturated carbocycles. The molecule has 2 amide bonds. The third-order valence-corrected chi connectivity index (χ3v) is 6.07. The van der Waals surface area contributed by atoms with Gasteiger partial charge in [0.2, 0.25) is 5.91 Å². The minimum atomic E-state index is -0.515. The maximum atomic E-state index is 12.8. The highest BCUT2D eigenvalue weighted by atomic mass is 32.1. The number of fused-ring (bicyclic) bond motifs is 1. The van der Waals surface area contributed by atoms with Crippen molar-refractivity contribution in [3.05, 3.63) is 60.2 Å². The van der Waals surface area contributed by atoms with Crippen LogP contribution in [-0.4, -0.2) is 43.6 Å². The van der Waals surface area contributed by atoms with Crippen LogP contribution in [0.3, 0.4) is 0 Å². The van der Waals surface area contributed by atoms with E-state index in [-0.39, 0.29) is 19.3 Å². The van der Waals surface area contributed by atoms with Crippen LogP contribution < -0.4 is 10.8 Å². The minimum Gasteiger partial charge on any atom is -0.359 e. The largest absolute Gasteiger partial charge is 0.359 e. The number of amides is 2. The number of benzene rings is 2. The Morgan fingerprint density at radius 1 is 1.13 bits per heavy atom. The summed E-state index contributed by atoms with van der Waals surface area (Å²) >= 11 is 1.71. The van der Waals surface area contributed by atoms with Crippen molar-refractivity contribution in [1.29, 1.82) is 0 Å². The maximum Gasteiger partial charge on any atom is 0.251 e. The quantitative estimate of drug-likeness (QED) is 0.192. The van der Waals surface area contributed by atoms with Crippen LogP contribution in [0.15, 0.2) is 54.6 Å². The second-order valence-electron chi connectivity index (χ2n) is 7.29. The van der Waals surface area contributed by atoms with E-state index >= 15 is 0 Å². The molecule has 2 unspecified atom stereocenters. The lowest BCUT2D eigenvalue weighted by molar-refractivity contribution is -0.133. The van der Waals surface area contributed by atoms with Crippen molar-refractivity contribution in [3.63, 3.8) is 0 Å². The van der Waals surface area contributed by atoms with E-state index in [1.807, 2.05) is 24.3 Å². The number of hydrogen-bond acceptors (Lipinski definition) is 6. The molecule has 3 rings (SSSR count). The molecule has 164 valence electrons. The molecule has 0 aliphatic carbocycles. The first-order chi connectivity index (χ1) is 15.0. The van der Waals surface area contributed by atoms with Crippen molar-refractivity contribution in [2.24, 2.45) is 5.92 Å². The molecule has 3 aromatic rings. The summed E-state index contributed by atoms with van der Waals surface area (Å²) < 4.78 is 11.5. The summed E-state index contributed by atoms with van der Waals surface area (Å²) in [5.74, 6) is -1.28. The van der Waals surface area contributed by atoms with Crippen molar-refractivity contribution in [3.8, 4) is 10.4 Å². The van der Waals surface area contributed by atoms with Crippen molar-refractivity contribution in [1.82, 2.24) is 10.8 Å². The molecule has 0 aliphatic rings. The molecule has 1 aromatic heterocycles. The zero-order chi connectivity index (χ0) is 22.2. The Labute approximate surface area is 184 Å². The monoisotopic (exact) mass is 442 g/mol. The smallest absolute Gasteiger partial charge is 0.251 e. The van der Waals surface area contributed by atoms with E-state index in [1.165, 1.54) is 17.2 Å². The minimum absolute atomic E-state index is 0.0802. The van der Waals surface area contributed by atoms with Crippen molar-refractivity contribution in [2.75, 3.05) is 20.5 Å². The van der Waals surface area contributed by atoms with Gasteiger partial charge in [-0.1, -0.05) is 37.3 Å².